The minimum absolute atomic E-state index is 0. The molecule has 0 radical (unpaired) electrons. The van der Waals surface area contributed by atoms with Crippen molar-refractivity contribution in [1.82, 2.24) is 9.78 Å². The van der Waals surface area contributed by atoms with E-state index in [1.807, 2.05) is 12.3 Å². The molecule has 2 N–H and O–H groups in total. The van der Waals surface area contributed by atoms with E-state index in [1.54, 1.807) is 4.68 Å². The molecule has 13 heavy (non-hydrogen) atoms. The Balaban J connectivity index is 0.00000144. The molecule has 0 spiro atoms. The van der Waals surface area contributed by atoms with E-state index in [2.05, 4.69) is 17.3 Å². The van der Waals surface area contributed by atoms with Crippen LogP contribution in [0.3, 0.4) is 0 Å². The normalized spacial score (nSPS) is 9.38. The van der Waals surface area contributed by atoms with Crippen LogP contribution in [0.4, 0.5) is 5.82 Å². The lowest BCUT2D eigenvalue weighted by Crippen LogP contribution is -2.05. The van der Waals surface area contributed by atoms with Gasteiger partial charge in [0.1, 0.15) is 5.82 Å². The van der Waals surface area contributed by atoms with Crippen LogP contribution in [0.25, 0.3) is 0 Å². The quantitative estimate of drug-likeness (QED) is 0.758. The molecular formula is C8H16ClN3O. The van der Waals surface area contributed by atoms with Crippen LogP contribution in [-0.4, -0.2) is 28.0 Å². The highest BCUT2D eigenvalue weighted by atomic mass is 35.5. The molecule has 1 rings (SSSR count). The van der Waals surface area contributed by atoms with Crippen LogP contribution in [0.2, 0.25) is 0 Å². The second-order valence-corrected chi connectivity index (χ2v) is 2.61. The first-order chi connectivity index (χ1) is 5.86. The van der Waals surface area contributed by atoms with Gasteiger partial charge in [-0.15, -0.1) is 12.4 Å². The largest absolute Gasteiger partial charge is 0.394 e. The van der Waals surface area contributed by atoms with Crippen LogP contribution in [0.5, 0.6) is 0 Å². The van der Waals surface area contributed by atoms with E-state index in [0.717, 1.165) is 18.8 Å². The summed E-state index contributed by atoms with van der Waals surface area (Å²) in [4.78, 5) is 0. The first-order valence-electron chi connectivity index (χ1n) is 4.25. The number of aliphatic hydroxyl groups is 1. The Morgan fingerprint density at radius 1 is 1.62 bits per heavy atom. The summed E-state index contributed by atoms with van der Waals surface area (Å²) in [5, 5.41) is 16.0. The molecule has 0 amide bonds. The summed E-state index contributed by atoms with van der Waals surface area (Å²) in [5.41, 5.74) is 0. The zero-order chi connectivity index (χ0) is 8.81. The van der Waals surface area contributed by atoms with Gasteiger partial charge >= 0.3 is 0 Å². The first kappa shape index (κ1) is 12.3. The van der Waals surface area contributed by atoms with Gasteiger partial charge in [0.25, 0.3) is 0 Å². The van der Waals surface area contributed by atoms with Crippen molar-refractivity contribution in [2.24, 2.45) is 0 Å². The lowest BCUT2D eigenvalue weighted by atomic mass is 10.5. The number of nitrogens with one attached hydrogen (secondary N) is 1. The third-order valence-corrected chi connectivity index (χ3v) is 1.53. The van der Waals surface area contributed by atoms with Gasteiger partial charge in [0, 0.05) is 18.8 Å². The Labute approximate surface area is 84.4 Å². The van der Waals surface area contributed by atoms with Crippen LogP contribution in [0, 0.1) is 0 Å². The van der Waals surface area contributed by atoms with Gasteiger partial charge in [0.2, 0.25) is 0 Å². The van der Waals surface area contributed by atoms with Gasteiger partial charge in [-0.1, -0.05) is 6.92 Å². The Morgan fingerprint density at radius 3 is 3.00 bits per heavy atom. The average Bonchev–Trinajstić information content (AvgIpc) is 2.50. The number of aromatic nitrogens is 2. The first-order valence-corrected chi connectivity index (χ1v) is 4.25. The van der Waals surface area contributed by atoms with Crippen molar-refractivity contribution in [2.45, 2.75) is 19.9 Å². The maximum Gasteiger partial charge on any atom is 0.147 e. The molecular weight excluding hydrogens is 190 g/mol. The molecule has 0 fully saturated rings. The van der Waals surface area contributed by atoms with Gasteiger partial charge in [0.05, 0.1) is 13.2 Å². The highest BCUT2D eigenvalue weighted by Crippen LogP contribution is 2.01. The number of anilines is 1. The molecule has 0 atom stereocenters. The van der Waals surface area contributed by atoms with E-state index in [1.165, 1.54) is 0 Å². The molecule has 1 aromatic rings. The van der Waals surface area contributed by atoms with Crippen LogP contribution in [0.1, 0.15) is 13.3 Å². The molecule has 0 aromatic carbocycles. The number of hydrogen-bond donors (Lipinski definition) is 2. The zero-order valence-corrected chi connectivity index (χ0v) is 8.55. The zero-order valence-electron chi connectivity index (χ0n) is 7.73. The Morgan fingerprint density at radius 2 is 2.38 bits per heavy atom. The van der Waals surface area contributed by atoms with Crippen molar-refractivity contribution in [3.05, 3.63) is 12.3 Å². The molecule has 0 saturated heterocycles. The fourth-order valence-corrected chi connectivity index (χ4v) is 0.936. The van der Waals surface area contributed by atoms with Crippen molar-refractivity contribution in [3.8, 4) is 0 Å². The molecule has 0 bridgehead atoms. The highest BCUT2D eigenvalue weighted by Gasteiger charge is 1.95. The summed E-state index contributed by atoms with van der Waals surface area (Å²) in [7, 11) is 0. The van der Waals surface area contributed by atoms with Crippen molar-refractivity contribution >= 4 is 18.2 Å². The monoisotopic (exact) mass is 205 g/mol. The molecule has 0 aliphatic heterocycles. The predicted molar refractivity (Wildman–Crippen MR) is 55.3 cm³/mol. The van der Waals surface area contributed by atoms with E-state index in [9.17, 15) is 0 Å². The van der Waals surface area contributed by atoms with Gasteiger partial charge in [0.15, 0.2) is 0 Å². The Hall–Kier alpha value is -0.740. The predicted octanol–water partition coefficient (Wildman–Crippen LogP) is 1.12. The smallest absolute Gasteiger partial charge is 0.147 e. The number of aliphatic hydroxyl groups excluding tert-OH is 1. The number of nitrogens with zero attached hydrogens (tertiary/aromatic N) is 2. The van der Waals surface area contributed by atoms with Crippen molar-refractivity contribution in [1.29, 1.82) is 0 Å². The van der Waals surface area contributed by atoms with E-state index >= 15 is 0 Å². The summed E-state index contributed by atoms with van der Waals surface area (Å²) < 4.78 is 1.72. The van der Waals surface area contributed by atoms with Gasteiger partial charge < -0.3 is 10.4 Å². The van der Waals surface area contributed by atoms with Crippen molar-refractivity contribution in [3.63, 3.8) is 0 Å². The second kappa shape index (κ2) is 6.74. The van der Waals surface area contributed by atoms with E-state index in [4.69, 9.17) is 5.11 Å². The maximum absolute atomic E-state index is 8.62. The van der Waals surface area contributed by atoms with Gasteiger partial charge in [-0.25, -0.2) is 0 Å². The van der Waals surface area contributed by atoms with E-state index in [-0.39, 0.29) is 19.0 Å². The van der Waals surface area contributed by atoms with Crippen molar-refractivity contribution in [2.75, 3.05) is 18.5 Å². The highest BCUT2D eigenvalue weighted by molar-refractivity contribution is 5.85. The third kappa shape index (κ3) is 4.15. The molecule has 4 nitrogen and oxygen atoms in total. The average molecular weight is 206 g/mol. The lowest BCUT2D eigenvalue weighted by molar-refractivity contribution is 0.269. The standard InChI is InChI=1S/C8H15N3O.ClH/c1-2-4-9-8-3-5-11(10-8)6-7-12;/h3,5,12H,2,4,6-7H2,1H3,(H,9,10);1H. The lowest BCUT2D eigenvalue weighted by Gasteiger charge is -1.99. The van der Waals surface area contributed by atoms with Gasteiger partial charge in [-0.3, -0.25) is 4.68 Å². The van der Waals surface area contributed by atoms with Crippen LogP contribution in [-0.2, 0) is 6.54 Å². The molecule has 0 aliphatic carbocycles. The minimum Gasteiger partial charge on any atom is -0.394 e. The van der Waals surface area contributed by atoms with Gasteiger partial charge in [-0.05, 0) is 6.42 Å². The molecule has 76 valence electrons. The van der Waals surface area contributed by atoms with Crippen LogP contribution >= 0.6 is 12.4 Å². The summed E-state index contributed by atoms with van der Waals surface area (Å²) in [5.74, 6) is 0.880. The number of hydrogen-bond acceptors (Lipinski definition) is 3. The van der Waals surface area contributed by atoms with E-state index < -0.39 is 0 Å². The number of halogens is 1. The SMILES string of the molecule is CCCNc1ccn(CCO)n1.Cl. The molecule has 0 aliphatic rings. The summed E-state index contributed by atoms with van der Waals surface area (Å²) in [6.07, 6.45) is 2.95. The summed E-state index contributed by atoms with van der Waals surface area (Å²) >= 11 is 0. The summed E-state index contributed by atoms with van der Waals surface area (Å²) in [6, 6.07) is 1.91. The van der Waals surface area contributed by atoms with E-state index in [0.29, 0.717) is 6.54 Å². The topological polar surface area (TPSA) is 50.1 Å². The summed E-state index contributed by atoms with van der Waals surface area (Å²) in [6.45, 7) is 3.75. The van der Waals surface area contributed by atoms with Gasteiger partial charge in [-0.2, -0.15) is 5.10 Å². The van der Waals surface area contributed by atoms with Crippen molar-refractivity contribution < 1.29 is 5.11 Å². The maximum atomic E-state index is 8.62. The van der Waals surface area contributed by atoms with Crippen LogP contribution < -0.4 is 5.32 Å². The molecule has 1 heterocycles. The fraction of sp³-hybridized carbons (Fsp3) is 0.625. The molecule has 0 unspecified atom stereocenters. The molecule has 1 aromatic heterocycles. The fourth-order valence-electron chi connectivity index (χ4n) is 0.936. The minimum atomic E-state index is 0. The Bertz CT molecular complexity index is 227. The number of rotatable bonds is 5. The van der Waals surface area contributed by atoms with Crippen LogP contribution in [0.15, 0.2) is 12.3 Å². The Kier molecular flexibility index (Phi) is 6.36. The molecule has 0 saturated carbocycles. The third-order valence-electron chi connectivity index (χ3n) is 1.53. The molecule has 5 heteroatoms. The second-order valence-electron chi connectivity index (χ2n) is 2.61.